The first-order chi connectivity index (χ1) is 30.5. The van der Waals surface area contributed by atoms with Crippen molar-refractivity contribution in [3.05, 3.63) is 110 Å². The van der Waals surface area contributed by atoms with Crippen LogP contribution in [0.5, 0.6) is 11.5 Å². The van der Waals surface area contributed by atoms with Gasteiger partial charge in [0.05, 0.1) is 77.6 Å². The van der Waals surface area contributed by atoms with Gasteiger partial charge in [-0.05, 0) is 36.8 Å². The summed E-state index contributed by atoms with van der Waals surface area (Å²) < 4.78 is 45.6. The van der Waals surface area contributed by atoms with Gasteiger partial charge in [-0.2, -0.15) is 0 Å². The average molecular weight is 853 g/mol. The molecule has 1 fully saturated rings. The Kier molecular flexibility index (Phi) is 21.6. The molecule has 0 N–H and O–H groups in total. The standard InChI is InChI=1S/C48H60N4O10/c1-3-43(53)57-27-15-11-7-5-9-13-25-55-41-31-49-45(50-32-41)39-21-17-37(18-22-39)35-61-47-48(60-30-29-59-47)62-36-38-19-23-40(24-20-38)46-51-33-42(34-52-46)56-26-14-10-6-8-12-16-28-58-44(54)4-2/h3-4,17-24,31-34,47-48H,1-2,5-16,25-30,35-36H2/t47-,48-/m1/s1. The van der Waals surface area contributed by atoms with Crippen molar-refractivity contribution < 1.29 is 47.5 Å². The fraction of sp³-hybridized carbons (Fsp3) is 0.458. The fourth-order valence-corrected chi connectivity index (χ4v) is 6.34. The van der Waals surface area contributed by atoms with E-state index in [0.717, 1.165) is 99.3 Å². The summed E-state index contributed by atoms with van der Waals surface area (Å²) >= 11 is 0. The van der Waals surface area contributed by atoms with Gasteiger partial charge in [0.25, 0.3) is 0 Å². The Balaban J connectivity index is 0.943. The summed E-state index contributed by atoms with van der Waals surface area (Å²) in [4.78, 5) is 40.1. The van der Waals surface area contributed by atoms with Gasteiger partial charge in [-0.3, -0.25) is 0 Å². The Labute approximate surface area is 365 Å². The Morgan fingerprint density at radius 3 is 1.21 bits per heavy atom. The Bertz CT molecular complexity index is 1750. The maximum atomic E-state index is 11.1. The molecule has 332 valence electrons. The van der Waals surface area contributed by atoms with E-state index < -0.39 is 12.6 Å². The number of esters is 2. The molecule has 14 heteroatoms. The number of ether oxygens (including phenoxy) is 8. The van der Waals surface area contributed by atoms with E-state index in [1.165, 1.54) is 12.2 Å². The van der Waals surface area contributed by atoms with Crippen molar-refractivity contribution >= 4 is 11.9 Å². The molecule has 14 nitrogen and oxygen atoms in total. The molecular weight excluding hydrogens is 793 g/mol. The number of unbranched alkanes of at least 4 members (excludes halogenated alkanes) is 10. The van der Waals surface area contributed by atoms with Crippen LogP contribution >= 0.6 is 0 Å². The molecule has 0 radical (unpaired) electrons. The van der Waals surface area contributed by atoms with E-state index in [9.17, 15) is 9.59 Å². The van der Waals surface area contributed by atoms with Gasteiger partial charge in [0, 0.05) is 23.3 Å². The van der Waals surface area contributed by atoms with Gasteiger partial charge in [0.2, 0.25) is 12.6 Å². The topological polar surface area (TPSA) is 160 Å². The van der Waals surface area contributed by atoms with Crippen LogP contribution in [0.15, 0.2) is 98.6 Å². The molecule has 0 saturated carbocycles. The van der Waals surface area contributed by atoms with Crippen LogP contribution in [0.25, 0.3) is 22.8 Å². The Morgan fingerprint density at radius 1 is 0.516 bits per heavy atom. The van der Waals surface area contributed by atoms with E-state index in [4.69, 9.17) is 37.9 Å². The van der Waals surface area contributed by atoms with E-state index >= 15 is 0 Å². The fourth-order valence-electron chi connectivity index (χ4n) is 6.34. The minimum atomic E-state index is -0.680. The molecule has 2 aromatic carbocycles. The summed E-state index contributed by atoms with van der Waals surface area (Å²) in [6.45, 7) is 10.3. The van der Waals surface area contributed by atoms with Crippen LogP contribution < -0.4 is 9.47 Å². The number of aromatic nitrogens is 4. The van der Waals surface area contributed by atoms with Crippen LogP contribution in [-0.4, -0.2) is 84.1 Å². The highest BCUT2D eigenvalue weighted by Gasteiger charge is 2.29. The third-order valence-corrected chi connectivity index (χ3v) is 9.82. The highest BCUT2D eigenvalue weighted by molar-refractivity contribution is 5.81. The smallest absolute Gasteiger partial charge is 0.330 e. The monoisotopic (exact) mass is 852 g/mol. The molecule has 0 bridgehead atoms. The quantitative estimate of drug-likeness (QED) is 0.0278. The SMILES string of the molecule is C=CC(=O)OCCCCCCCCOc1cnc(-c2ccc(CO[C@H]3OCCO[C@@H]3OCc3ccc(-c4ncc(OCCCCCCCCOC(=O)C=C)cn4)cc3)cc2)nc1. The molecule has 62 heavy (non-hydrogen) atoms. The molecule has 0 aliphatic carbocycles. The van der Waals surface area contributed by atoms with Crippen molar-refractivity contribution in [1.82, 2.24) is 19.9 Å². The van der Waals surface area contributed by atoms with Crippen molar-refractivity contribution in [2.75, 3.05) is 39.6 Å². The maximum absolute atomic E-state index is 11.1. The van der Waals surface area contributed by atoms with Gasteiger partial charge < -0.3 is 37.9 Å². The predicted molar refractivity (Wildman–Crippen MR) is 233 cm³/mol. The molecule has 2 aromatic heterocycles. The third kappa shape index (κ3) is 17.8. The molecule has 4 aromatic rings. The van der Waals surface area contributed by atoms with Crippen molar-refractivity contribution in [2.24, 2.45) is 0 Å². The Morgan fingerprint density at radius 2 is 0.855 bits per heavy atom. The van der Waals surface area contributed by atoms with Crippen molar-refractivity contribution in [3.8, 4) is 34.3 Å². The van der Waals surface area contributed by atoms with Crippen LogP contribution in [-0.2, 0) is 51.2 Å². The number of carbonyl (C=O) groups is 2. The normalized spacial score (nSPS) is 14.8. The first kappa shape index (κ1) is 47.5. The van der Waals surface area contributed by atoms with E-state index in [1.54, 1.807) is 24.8 Å². The molecule has 1 aliphatic heterocycles. The molecule has 0 unspecified atom stereocenters. The second-order valence-electron chi connectivity index (χ2n) is 14.7. The number of rotatable bonds is 30. The first-order valence-corrected chi connectivity index (χ1v) is 21.6. The molecule has 1 saturated heterocycles. The van der Waals surface area contributed by atoms with Crippen LogP contribution in [0.1, 0.15) is 88.2 Å². The van der Waals surface area contributed by atoms with Crippen LogP contribution in [0.2, 0.25) is 0 Å². The molecular formula is C48H60N4O10. The summed E-state index contributed by atoms with van der Waals surface area (Å²) in [5.41, 5.74) is 3.69. The largest absolute Gasteiger partial charge is 0.490 e. The molecule has 3 heterocycles. The van der Waals surface area contributed by atoms with Crippen molar-refractivity contribution in [3.63, 3.8) is 0 Å². The van der Waals surface area contributed by atoms with Gasteiger partial charge >= 0.3 is 11.9 Å². The van der Waals surface area contributed by atoms with Gasteiger partial charge in [0.15, 0.2) is 23.1 Å². The van der Waals surface area contributed by atoms with Crippen LogP contribution in [0, 0.1) is 0 Å². The Hall–Kier alpha value is -5.54. The van der Waals surface area contributed by atoms with Gasteiger partial charge in [-0.1, -0.05) is 113 Å². The lowest BCUT2D eigenvalue weighted by Crippen LogP contribution is -2.41. The predicted octanol–water partition coefficient (Wildman–Crippen LogP) is 8.93. The zero-order valence-corrected chi connectivity index (χ0v) is 35.7. The van der Waals surface area contributed by atoms with Gasteiger partial charge in [-0.25, -0.2) is 29.5 Å². The number of benzene rings is 2. The summed E-state index contributed by atoms with van der Waals surface area (Å²) in [6, 6.07) is 15.8. The van der Waals surface area contributed by atoms with E-state index in [2.05, 4.69) is 33.1 Å². The molecule has 1 aliphatic rings. The van der Waals surface area contributed by atoms with E-state index in [-0.39, 0.29) is 11.9 Å². The number of nitrogens with zero attached hydrogens (tertiary/aromatic N) is 4. The zero-order valence-electron chi connectivity index (χ0n) is 35.7. The van der Waals surface area contributed by atoms with Gasteiger partial charge in [-0.15, -0.1) is 0 Å². The first-order valence-electron chi connectivity index (χ1n) is 21.6. The molecule has 5 rings (SSSR count). The summed E-state index contributed by atoms with van der Waals surface area (Å²) in [6.07, 6.45) is 20.1. The lowest BCUT2D eigenvalue weighted by molar-refractivity contribution is -0.326. The van der Waals surface area contributed by atoms with Gasteiger partial charge in [0.1, 0.15) is 0 Å². The number of hydrogen-bond acceptors (Lipinski definition) is 14. The lowest BCUT2D eigenvalue weighted by Gasteiger charge is -2.31. The zero-order chi connectivity index (χ0) is 43.5. The summed E-state index contributed by atoms with van der Waals surface area (Å²) in [7, 11) is 0. The highest BCUT2D eigenvalue weighted by Crippen LogP contribution is 2.22. The van der Waals surface area contributed by atoms with Crippen molar-refractivity contribution in [2.45, 2.75) is 103 Å². The van der Waals surface area contributed by atoms with E-state index in [0.29, 0.717) is 76.0 Å². The third-order valence-electron chi connectivity index (χ3n) is 9.82. The van der Waals surface area contributed by atoms with Crippen molar-refractivity contribution in [1.29, 1.82) is 0 Å². The maximum Gasteiger partial charge on any atom is 0.330 e. The second-order valence-corrected chi connectivity index (χ2v) is 14.7. The highest BCUT2D eigenvalue weighted by atomic mass is 16.8. The number of carbonyl (C=O) groups excluding carboxylic acids is 2. The molecule has 0 spiro atoms. The minimum Gasteiger partial charge on any atom is -0.490 e. The molecule has 2 atom stereocenters. The lowest BCUT2D eigenvalue weighted by atomic mass is 10.1. The molecule has 0 amide bonds. The van der Waals surface area contributed by atoms with Crippen LogP contribution in [0.4, 0.5) is 0 Å². The summed E-state index contributed by atoms with van der Waals surface area (Å²) in [5, 5.41) is 0. The van der Waals surface area contributed by atoms with E-state index in [1.807, 2.05) is 48.5 Å². The summed E-state index contributed by atoms with van der Waals surface area (Å²) in [5.74, 6) is 1.77. The average Bonchev–Trinajstić information content (AvgIpc) is 3.32. The number of hydrogen-bond donors (Lipinski definition) is 0. The minimum absolute atomic E-state index is 0.310. The van der Waals surface area contributed by atoms with Crippen LogP contribution in [0.3, 0.4) is 0 Å². The second kappa shape index (κ2) is 28.1.